The minimum Gasteiger partial charge on any atom is -0.348 e. The van der Waals surface area contributed by atoms with Gasteiger partial charge >= 0.3 is 0 Å². The third kappa shape index (κ3) is 2.97. The van der Waals surface area contributed by atoms with Gasteiger partial charge < -0.3 is 4.90 Å². The van der Waals surface area contributed by atoms with E-state index in [0.717, 1.165) is 30.8 Å². The monoisotopic (exact) mass is 394 g/mol. The lowest BCUT2D eigenvalue weighted by Crippen LogP contribution is -2.24. The second kappa shape index (κ2) is 6.83. The minimum atomic E-state index is -0.218. The Morgan fingerprint density at radius 3 is 2.89 bits per heavy atom. The number of imidazole rings is 1. The fraction of sp³-hybridized carbons (Fsp3) is 0.200. The van der Waals surface area contributed by atoms with Crippen molar-refractivity contribution in [1.82, 2.24) is 24.6 Å². The van der Waals surface area contributed by atoms with E-state index in [-0.39, 0.29) is 11.9 Å². The van der Waals surface area contributed by atoms with Gasteiger partial charge in [0.05, 0.1) is 24.6 Å². The van der Waals surface area contributed by atoms with Crippen LogP contribution in [0.2, 0.25) is 5.15 Å². The molecule has 1 aliphatic heterocycles. The number of benzene rings is 1. The molecule has 0 N–H and O–H groups in total. The first-order valence-electron chi connectivity index (χ1n) is 9.04. The van der Waals surface area contributed by atoms with Crippen LogP contribution in [-0.4, -0.2) is 31.1 Å². The quantitative estimate of drug-likeness (QED) is 0.518. The number of rotatable bonds is 3. The summed E-state index contributed by atoms with van der Waals surface area (Å²) in [6.07, 6.45) is 6.81. The number of fused-ring (bicyclic) bond motifs is 1. The summed E-state index contributed by atoms with van der Waals surface area (Å²) < 4.78 is 15.5. The van der Waals surface area contributed by atoms with Crippen molar-refractivity contribution in [3.05, 3.63) is 71.5 Å². The molecule has 5 rings (SSSR count). The van der Waals surface area contributed by atoms with Crippen LogP contribution in [0.15, 0.2) is 55.0 Å². The van der Waals surface area contributed by atoms with Gasteiger partial charge in [-0.3, -0.25) is 4.98 Å². The molecule has 8 heteroatoms. The average Bonchev–Trinajstić information content (AvgIpc) is 3.34. The molecule has 4 heterocycles. The topological polar surface area (TPSA) is 59.2 Å². The van der Waals surface area contributed by atoms with E-state index in [9.17, 15) is 4.39 Å². The summed E-state index contributed by atoms with van der Waals surface area (Å²) in [5.74, 6) is 0.595. The van der Waals surface area contributed by atoms with Crippen LogP contribution < -0.4 is 4.90 Å². The van der Waals surface area contributed by atoms with Crippen molar-refractivity contribution >= 4 is 23.1 Å². The smallest absolute Gasteiger partial charge is 0.154 e. The van der Waals surface area contributed by atoms with Crippen molar-refractivity contribution in [1.29, 1.82) is 0 Å². The molecule has 1 unspecified atom stereocenters. The fourth-order valence-corrected chi connectivity index (χ4v) is 3.91. The number of nitrogens with zero attached hydrogens (tertiary/aromatic N) is 6. The maximum absolute atomic E-state index is 13.7. The molecular formula is C20H16ClFN6. The van der Waals surface area contributed by atoms with Crippen LogP contribution in [0.4, 0.5) is 10.2 Å². The number of aromatic nitrogens is 5. The summed E-state index contributed by atoms with van der Waals surface area (Å²) >= 11 is 5.98. The Hall–Kier alpha value is -3.06. The third-order valence-corrected chi connectivity index (χ3v) is 5.18. The minimum absolute atomic E-state index is 0.0959. The predicted octanol–water partition coefficient (Wildman–Crippen LogP) is 4.32. The molecule has 28 heavy (non-hydrogen) atoms. The van der Waals surface area contributed by atoms with E-state index in [1.165, 1.54) is 12.3 Å². The summed E-state index contributed by atoms with van der Waals surface area (Å²) in [5.41, 5.74) is 2.99. The maximum atomic E-state index is 13.7. The van der Waals surface area contributed by atoms with Gasteiger partial charge in [0, 0.05) is 6.54 Å². The Kier molecular flexibility index (Phi) is 4.16. The lowest BCUT2D eigenvalue weighted by atomic mass is 10.0. The molecule has 3 aromatic heterocycles. The first-order valence-corrected chi connectivity index (χ1v) is 9.42. The van der Waals surface area contributed by atoms with Gasteiger partial charge in [-0.2, -0.15) is 0 Å². The van der Waals surface area contributed by atoms with Crippen molar-refractivity contribution in [2.24, 2.45) is 0 Å². The van der Waals surface area contributed by atoms with Crippen molar-refractivity contribution < 1.29 is 4.39 Å². The van der Waals surface area contributed by atoms with E-state index >= 15 is 0 Å². The molecule has 1 saturated heterocycles. The summed E-state index contributed by atoms with van der Waals surface area (Å²) in [4.78, 5) is 15.0. The molecule has 0 bridgehead atoms. The van der Waals surface area contributed by atoms with Crippen LogP contribution in [0.3, 0.4) is 0 Å². The zero-order valence-corrected chi connectivity index (χ0v) is 15.6. The van der Waals surface area contributed by atoms with Gasteiger partial charge in [-0.15, -0.1) is 5.10 Å². The van der Waals surface area contributed by atoms with Gasteiger partial charge in [0.15, 0.2) is 5.65 Å². The molecular weight excluding hydrogens is 379 g/mol. The van der Waals surface area contributed by atoms with Crippen LogP contribution in [0.1, 0.15) is 24.4 Å². The van der Waals surface area contributed by atoms with Crippen LogP contribution in [0.5, 0.6) is 0 Å². The molecule has 4 aromatic rings. The summed E-state index contributed by atoms with van der Waals surface area (Å²) in [5, 5.41) is 5.11. The Balaban J connectivity index is 1.57. The van der Waals surface area contributed by atoms with Crippen molar-refractivity contribution in [2.75, 3.05) is 11.4 Å². The van der Waals surface area contributed by atoms with E-state index in [4.69, 9.17) is 16.7 Å². The molecule has 6 nitrogen and oxygen atoms in total. The molecule has 0 spiro atoms. The SMILES string of the molecule is Fc1cccc(C2CCCN2c2ccc3ncc(-c4cncc(Cl)n4)n3n2)c1. The summed E-state index contributed by atoms with van der Waals surface area (Å²) in [7, 11) is 0. The van der Waals surface area contributed by atoms with Gasteiger partial charge in [-0.05, 0) is 42.7 Å². The molecule has 0 radical (unpaired) electrons. The zero-order valence-electron chi connectivity index (χ0n) is 14.8. The highest BCUT2D eigenvalue weighted by atomic mass is 35.5. The standard InChI is InChI=1S/C20H16ClFN6/c21-18-12-23-10-15(25-18)17-11-24-19-6-7-20(26-28(17)19)27-8-2-5-16(27)13-3-1-4-14(22)9-13/h1,3-4,6-7,9-12,16H,2,5,8H2. The predicted molar refractivity (Wildman–Crippen MR) is 105 cm³/mol. The Morgan fingerprint density at radius 1 is 1.11 bits per heavy atom. The largest absolute Gasteiger partial charge is 0.348 e. The highest BCUT2D eigenvalue weighted by Gasteiger charge is 2.28. The van der Waals surface area contributed by atoms with Gasteiger partial charge in [0.2, 0.25) is 0 Å². The summed E-state index contributed by atoms with van der Waals surface area (Å²) in [6.45, 7) is 0.862. The number of halogens is 2. The van der Waals surface area contributed by atoms with E-state index in [1.807, 2.05) is 18.2 Å². The summed E-state index contributed by atoms with van der Waals surface area (Å²) in [6, 6.07) is 10.8. The molecule has 0 aliphatic carbocycles. The average molecular weight is 395 g/mol. The van der Waals surface area contributed by atoms with E-state index in [2.05, 4.69) is 19.9 Å². The highest BCUT2D eigenvalue weighted by molar-refractivity contribution is 6.29. The molecule has 1 fully saturated rings. The lowest BCUT2D eigenvalue weighted by molar-refractivity contribution is 0.617. The second-order valence-corrected chi connectivity index (χ2v) is 7.13. The third-order valence-electron chi connectivity index (χ3n) is 5.00. The van der Waals surface area contributed by atoms with Crippen LogP contribution in [0, 0.1) is 5.82 Å². The first kappa shape index (κ1) is 17.1. The fourth-order valence-electron chi connectivity index (χ4n) is 3.76. The normalized spacial score (nSPS) is 16.8. The van der Waals surface area contributed by atoms with Crippen LogP contribution in [-0.2, 0) is 0 Å². The number of anilines is 1. The number of hydrogen-bond donors (Lipinski definition) is 0. The van der Waals surface area contributed by atoms with Gasteiger partial charge in [0.1, 0.15) is 28.2 Å². The van der Waals surface area contributed by atoms with Crippen molar-refractivity contribution in [3.8, 4) is 11.4 Å². The number of hydrogen-bond acceptors (Lipinski definition) is 5. The van der Waals surface area contributed by atoms with E-state index in [0.29, 0.717) is 22.2 Å². The lowest BCUT2D eigenvalue weighted by Gasteiger charge is -2.26. The highest BCUT2D eigenvalue weighted by Crippen LogP contribution is 2.35. The zero-order chi connectivity index (χ0) is 19.1. The molecule has 140 valence electrons. The Morgan fingerprint density at radius 2 is 2.04 bits per heavy atom. The van der Waals surface area contributed by atoms with Crippen LogP contribution >= 0.6 is 11.6 Å². The van der Waals surface area contributed by atoms with Crippen molar-refractivity contribution in [3.63, 3.8) is 0 Å². The molecule has 0 amide bonds. The van der Waals surface area contributed by atoms with Gasteiger partial charge in [-0.1, -0.05) is 23.7 Å². The van der Waals surface area contributed by atoms with Gasteiger partial charge in [-0.25, -0.2) is 18.9 Å². The Labute approximate surface area is 165 Å². The van der Waals surface area contributed by atoms with Crippen LogP contribution in [0.25, 0.3) is 17.0 Å². The van der Waals surface area contributed by atoms with Crippen molar-refractivity contribution in [2.45, 2.75) is 18.9 Å². The molecule has 0 saturated carbocycles. The van der Waals surface area contributed by atoms with E-state index < -0.39 is 0 Å². The van der Waals surface area contributed by atoms with Gasteiger partial charge in [0.25, 0.3) is 0 Å². The first-order chi connectivity index (χ1) is 13.7. The van der Waals surface area contributed by atoms with E-state index in [1.54, 1.807) is 29.0 Å². The second-order valence-electron chi connectivity index (χ2n) is 6.74. The molecule has 1 aromatic carbocycles. The molecule has 1 aliphatic rings. The maximum Gasteiger partial charge on any atom is 0.154 e. The molecule has 1 atom stereocenters. The Bertz CT molecular complexity index is 1160.